The minimum Gasteiger partial charge on any atom is -0.487 e. The number of ether oxygens (including phenoxy) is 1. The van der Waals surface area contributed by atoms with Crippen molar-refractivity contribution >= 4 is 10.9 Å². The number of hydrogen-bond donors (Lipinski definition) is 1. The number of H-pyrrole nitrogens is 1. The number of benzene rings is 2. The first kappa shape index (κ1) is 15.3. The van der Waals surface area contributed by atoms with E-state index >= 15 is 0 Å². The predicted octanol–water partition coefficient (Wildman–Crippen LogP) is 5.09. The minimum atomic E-state index is -0.624. The number of halogens is 2. The molecule has 0 unspecified atom stereocenters. The number of aromatic amines is 1. The highest BCUT2D eigenvalue weighted by Crippen LogP contribution is 2.29. The quantitative estimate of drug-likeness (QED) is 0.564. The molecule has 124 valence electrons. The molecule has 2 heterocycles. The molecular weight excluding hydrogens is 322 g/mol. The van der Waals surface area contributed by atoms with Gasteiger partial charge in [0, 0.05) is 28.9 Å². The summed E-state index contributed by atoms with van der Waals surface area (Å²) in [6.07, 6.45) is 5.14. The van der Waals surface area contributed by atoms with Crippen LogP contribution in [-0.4, -0.2) is 9.97 Å². The zero-order valence-corrected chi connectivity index (χ0v) is 13.2. The molecule has 0 atom stereocenters. The van der Waals surface area contributed by atoms with Crippen LogP contribution in [0.25, 0.3) is 22.0 Å². The summed E-state index contributed by atoms with van der Waals surface area (Å²) in [7, 11) is 0. The van der Waals surface area contributed by atoms with Crippen molar-refractivity contribution in [2.24, 2.45) is 0 Å². The Kier molecular flexibility index (Phi) is 3.90. The zero-order valence-electron chi connectivity index (χ0n) is 13.2. The molecule has 0 aliphatic heterocycles. The zero-order chi connectivity index (χ0) is 17.2. The van der Waals surface area contributed by atoms with Crippen LogP contribution >= 0.6 is 0 Å². The lowest BCUT2D eigenvalue weighted by Crippen LogP contribution is -2.02. The molecule has 0 fully saturated rings. The minimum absolute atomic E-state index is 0.0966. The van der Waals surface area contributed by atoms with E-state index in [9.17, 15) is 8.78 Å². The molecule has 2 aromatic heterocycles. The largest absolute Gasteiger partial charge is 0.487 e. The van der Waals surface area contributed by atoms with Gasteiger partial charge in [0.2, 0.25) is 0 Å². The number of hydrogen-bond acceptors (Lipinski definition) is 2. The molecule has 2 aromatic carbocycles. The van der Waals surface area contributed by atoms with Crippen molar-refractivity contribution < 1.29 is 13.5 Å². The van der Waals surface area contributed by atoms with Crippen LogP contribution in [-0.2, 0) is 6.61 Å². The second-order valence-corrected chi connectivity index (χ2v) is 5.64. The summed E-state index contributed by atoms with van der Waals surface area (Å²) in [5.41, 5.74) is 2.81. The van der Waals surface area contributed by atoms with Gasteiger partial charge in [0.05, 0.1) is 11.8 Å². The van der Waals surface area contributed by atoms with Gasteiger partial charge in [-0.2, -0.15) is 0 Å². The summed E-state index contributed by atoms with van der Waals surface area (Å²) in [4.78, 5) is 7.36. The Morgan fingerprint density at radius 3 is 2.60 bits per heavy atom. The Morgan fingerprint density at radius 1 is 0.960 bits per heavy atom. The Morgan fingerprint density at radius 2 is 1.76 bits per heavy atom. The second-order valence-electron chi connectivity index (χ2n) is 5.64. The number of aromatic nitrogens is 2. The third-order valence-corrected chi connectivity index (χ3v) is 4.06. The second kappa shape index (κ2) is 6.36. The van der Waals surface area contributed by atoms with E-state index in [2.05, 4.69) is 9.97 Å². The lowest BCUT2D eigenvalue weighted by molar-refractivity contribution is 0.291. The first-order valence-electron chi connectivity index (χ1n) is 7.79. The monoisotopic (exact) mass is 336 g/mol. The fourth-order valence-electron chi connectivity index (χ4n) is 2.81. The van der Waals surface area contributed by atoms with Crippen LogP contribution in [0.1, 0.15) is 5.56 Å². The van der Waals surface area contributed by atoms with Gasteiger partial charge in [0.15, 0.2) is 0 Å². The van der Waals surface area contributed by atoms with E-state index < -0.39 is 11.6 Å². The number of nitrogens with zero attached hydrogens (tertiary/aromatic N) is 1. The van der Waals surface area contributed by atoms with E-state index in [1.54, 1.807) is 6.20 Å². The standard InChI is InChI=1S/C20H14F2N2O/c21-18-4-2-5-19(22)17(18)12-25-14-9-13(10-23-11-14)15-3-1-6-20-16(15)7-8-24-20/h1-11,24H,12H2. The summed E-state index contributed by atoms with van der Waals surface area (Å²) >= 11 is 0. The maximum Gasteiger partial charge on any atom is 0.138 e. The molecule has 0 saturated carbocycles. The Balaban J connectivity index is 1.63. The molecule has 0 aliphatic rings. The molecule has 3 nitrogen and oxygen atoms in total. The summed E-state index contributed by atoms with van der Waals surface area (Å²) < 4.78 is 33.0. The summed E-state index contributed by atoms with van der Waals surface area (Å²) in [6, 6.07) is 13.5. The average molecular weight is 336 g/mol. The van der Waals surface area contributed by atoms with Gasteiger partial charge >= 0.3 is 0 Å². The van der Waals surface area contributed by atoms with Gasteiger partial charge in [0.25, 0.3) is 0 Å². The van der Waals surface area contributed by atoms with Gasteiger partial charge < -0.3 is 9.72 Å². The van der Waals surface area contributed by atoms with Gasteiger partial charge in [-0.25, -0.2) is 8.78 Å². The van der Waals surface area contributed by atoms with Crippen molar-refractivity contribution in [3.8, 4) is 16.9 Å². The van der Waals surface area contributed by atoms with Crippen molar-refractivity contribution in [2.45, 2.75) is 6.61 Å². The van der Waals surface area contributed by atoms with E-state index in [0.29, 0.717) is 5.75 Å². The lowest BCUT2D eigenvalue weighted by atomic mass is 10.0. The highest BCUT2D eigenvalue weighted by molar-refractivity contribution is 5.95. The molecular formula is C20H14F2N2O. The maximum atomic E-state index is 13.7. The van der Waals surface area contributed by atoms with Gasteiger partial charge in [-0.15, -0.1) is 0 Å². The Hall–Kier alpha value is -3.21. The maximum absolute atomic E-state index is 13.7. The first-order chi connectivity index (χ1) is 12.2. The van der Waals surface area contributed by atoms with Gasteiger partial charge in [-0.1, -0.05) is 18.2 Å². The summed E-state index contributed by atoms with van der Waals surface area (Å²) in [5, 5.41) is 1.07. The average Bonchev–Trinajstić information content (AvgIpc) is 3.10. The van der Waals surface area contributed by atoms with Crippen molar-refractivity contribution in [1.29, 1.82) is 0 Å². The fourth-order valence-corrected chi connectivity index (χ4v) is 2.81. The number of fused-ring (bicyclic) bond motifs is 1. The van der Waals surface area contributed by atoms with Crippen molar-refractivity contribution in [3.05, 3.63) is 84.3 Å². The van der Waals surface area contributed by atoms with Gasteiger partial charge in [-0.3, -0.25) is 4.98 Å². The van der Waals surface area contributed by atoms with E-state index in [1.165, 1.54) is 24.4 Å². The van der Waals surface area contributed by atoms with Crippen LogP contribution in [0.3, 0.4) is 0 Å². The molecule has 4 aromatic rings. The molecule has 0 saturated heterocycles. The Bertz CT molecular complexity index is 1020. The highest BCUT2D eigenvalue weighted by atomic mass is 19.1. The molecule has 0 bridgehead atoms. The van der Waals surface area contributed by atoms with Gasteiger partial charge in [0.1, 0.15) is 24.0 Å². The number of nitrogens with one attached hydrogen (secondary N) is 1. The number of pyridine rings is 1. The van der Waals surface area contributed by atoms with Gasteiger partial charge in [-0.05, 0) is 35.9 Å². The van der Waals surface area contributed by atoms with Crippen molar-refractivity contribution in [2.75, 3.05) is 0 Å². The first-order valence-corrected chi connectivity index (χ1v) is 7.79. The topological polar surface area (TPSA) is 37.9 Å². The van der Waals surface area contributed by atoms with E-state index in [-0.39, 0.29) is 12.2 Å². The van der Waals surface area contributed by atoms with Crippen LogP contribution < -0.4 is 4.74 Å². The molecule has 5 heteroatoms. The van der Waals surface area contributed by atoms with Crippen LogP contribution in [0.5, 0.6) is 5.75 Å². The van der Waals surface area contributed by atoms with Crippen LogP contribution in [0.15, 0.2) is 67.1 Å². The SMILES string of the molecule is Fc1cccc(F)c1COc1cncc(-c2cccc3[nH]ccc23)c1. The van der Waals surface area contributed by atoms with E-state index in [0.717, 1.165) is 22.0 Å². The highest BCUT2D eigenvalue weighted by Gasteiger charge is 2.10. The van der Waals surface area contributed by atoms with Crippen LogP contribution in [0.4, 0.5) is 8.78 Å². The Labute approximate surface area is 142 Å². The molecule has 25 heavy (non-hydrogen) atoms. The summed E-state index contributed by atoms with van der Waals surface area (Å²) in [6.45, 7) is -0.196. The fraction of sp³-hybridized carbons (Fsp3) is 0.0500. The van der Waals surface area contributed by atoms with E-state index in [1.807, 2.05) is 36.5 Å². The molecule has 1 N–H and O–H groups in total. The van der Waals surface area contributed by atoms with Crippen molar-refractivity contribution in [1.82, 2.24) is 9.97 Å². The third-order valence-electron chi connectivity index (χ3n) is 4.06. The van der Waals surface area contributed by atoms with Crippen molar-refractivity contribution in [3.63, 3.8) is 0 Å². The molecule has 0 spiro atoms. The lowest BCUT2D eigenvalue weighted by Gasteiger charge is -2.10. The van der Waals surface area contributed by atoms with E-state index in [4.69, 9.17) is 4.74 Å². The molecule has 0 aliphatic carbocycles. The number of rotatable bonds is 4. The third kappa shape index (κ3) is 2.96. The molecule has 0 amide bonds. The smallest absolute Gasteiger partial charge is 0.138 e. The van der Waals surface area contributed by atoms with Crippen LogP contribution in [0.2, 0.25) is 0 Å². The molecule has 0 radical (unpaired) electrons. The molecule has 4 rings (SSSR count). The summed E-state index contributed by atoms with van der Waals surface area (Å²) in [5.74, 6) is -0.796. The normalized spacial score (nSPS) is 11.0. The van der Waals surface area contributed by atoms with Crippen LogP contribution in [0, 0.1) is 11.6 Å². The predicted molar refractivity (Wildman–Crippen MR) is 92.2 cm³/mol.